The molecule has 1 aliphatic rings. The lowest BCUT2D eigenvalue weighted by atomic mass is 9.87. The molecule has 2 rings (SSSR count). The third-order valence-corrected chi connectivity index (χ3v) is 3.95. The molecule has 0 saturated carbocycles. The van der Waals surface area contributed by atoms with Crippen molar-refractivity contribution in [3.63, 3.8) is 0 Å². The van der Waals surface area contributed by atoms with Crippen LogP contribution in [0.25, 0.3) is 0 Å². The molecule has 2 N–H and O–H groups in total. The van der Waals surface area contributed by atoms with Gasteiger partial charge in [0.25, 0.3) is 0 Å². The Morgan fingerprint density at radius 2 is 2.10 bits per heavy atom. The van der Waals surface area contributed by atoms with Gasteiger partial charge in [-0.25, -0.2) is 0 Å². The van der Waals surface area contributed by atoms with Gasteiger partial charge in [-0.3, -0.25) is 4.79 Å². The van der Waals surface area contributed by atoms with Crippen LogP contribution in [0.2, 0.25) is 0 Å². The van der Waals surface area contributed by atoms with Gasteiger partial charge in [-0.2, -0.15) is 0 Å². The van der Waals surface area contributed by atoms with Crippen molar-refractivity contribution in [1.82, 2.24) is 5.32 Å². The lowest BCUT2D eigenvalue weighted by Crippen LogP contribution is -2.43. The van der Waals surface area contributed by atoms with E-state index in [1.165, 1.54) is 5.56 Å². The van der Waals surface area contributed by atoms with Gasteiger partial charge in [-0.1, -0.05) is 33.3 Å². The molecular formula is C17H26N2O2. The minimum Gasteiger partial charge on any atom is -0.495 e. The second-order valence-electron chi connectivity index (χ2n) is 6.66. The molecule has 0 radical (unpaired) electrons. The molecular weight excluding hydrogens is 264 g/mol. The standard InChI is InChI=1S/C17H26N2O2/c1-17(2,3)12-8-9-15(21-4)14(11-12)19-16(20)13-7-5-6-10-18-13/h8-9,11,13,18H,5-7,10H2,1-4H3,(H,19,20)/t13-/m0/s1. The van der Waals surface area contributed by atoms with Gasteiger partial charge in [0.05, 0.1) is 18.8 Å². The van der Waals surface area contributed by atoms with Crippen LogP contribution in [0.1, 0.15) is 45.6 Å². The third kappa shape index (κ3) is 3.97. The van der Waals surface area contributed by atoms with E-state index in [2.05, 4.69) is 31.4 Å². The predicted octanol–water partition coefficient (Wildman–Crippen LogP) is 3.07. The molecule has 1 amide bonds. The van der Waals surface area contributed by atoms with Crippen LogP contribution in [-0.2, 0) is 10.2 Å². The molecule has 1 aromatic carbocycles. The summed E-state index contributed by atoms with van der Waals surface area (Å²) in [5.74, 6) is 0.728. The number of hydrogen-bond donors (Lipinski definition) is 2. The molecule has 116 valence electrons. The second-order valence-corrected chi connectivity index (χ2v) is 6.66. The summed E-state index contributed by atoms with van der Waals surface area (Å²) in [6.45, 7) is 7.38. The molecule has 0 unspecified atom stereocenters. The largest absolute Gasteiger partial charge is 0.495 e. The van der Waals surface area contributed by atoms with Crippen LogP contribution in [0.15, 0.2) is 18.2 Å². The average molecular weight is 290 g/mol. The maximum atomic E-state index is 12.4. The second kappa shape index (κ2) is 6.48. The normalized spacial score (nSPS) is 19.1. The molecule has 1 fully saturated rings. The van der Waals surface area contributed by atoms with E-state index in [1.807, 2.05) is 18.2 Å². The molecule has 4 nitrogen and oxygen atoms in total. The van der Waals surface area contributed by atoms with E-state index in [-0.39, 0.29) is 17.4 Å². The van der Waals surface area contributed by atoms with Crippen LogP contribution in [0.3, 0.4) is 0 Å². The van der Waals surface area contributed by atoms with Gasteiger partial charge >= 0.3 is 0 Å². The molecule has 0 aliphatic carbocycles. The molecule has 1 aromatic rings. The van der Waals surface area contributed by atoms with Crippen molar-refractivity contribution in [3.05, 3.63) is 23.8 Å². The summed E-state index contributed by atoms with van der Waals surface area (Å²) >= 11 is 0. The number of piperidine rings is 1. The molecule has 1 saturated heterocycles. The highest BCUT2D eigenvalue weighted by molar-refractivity contribution is 5.96. The molecule has 21 heavy (non-hydrogen) atoms. The lowest BCUT2D eigenvalue weighted by Gasteiger charge is -2.24. The zero-order valence-electron chi connectivity index (χ0n) is 13.5. The van der Waals surface area contributed by atoms with Gasteiger partial charge < -0.3 is 15.4 Å². The number of hydrogen-bond acceptors (Lipinski definition) is 3. The zero-order valence-corrected chi connectivity index (χ0v) is 13.5. The molecule has 0 spiro atoms. The van der Waals surface area contributed by atoms with Gasteiger partial charge in [0.1, 0.15) is 5.75 Å². The number of nitrogens with one attached hydrogen (secondary N) is 2. The SMILES string of the molecule is COc1ccc(C(C)(C)C)cc1NC(=O)[C@@H]1CCCCN1. The van der Waals surface area contributed by atoms with Gasteiger partial charge in [0.2, 0.25) is 5.91 Å². The number of rotatable bonds is 3. The Kier molecular flexibility index (Phi) is 4.88. The lowest BCUT2D eigenvalue weighted by molar-refractivity contribution is -0.118. The van der Waals surface area contributed by atoms with E-state index < -0.39 is 0 Å². The fraction of sp³-hybridized carbons (Fsp3) is 0.588. The van der Waals surface area contributed by atoms with Crippen molar-refractivity contribution >= 4 is 11.6 Å². The average Bonchev–Trinajstić information content (AvgIpc) is 2.47. The van der Waals surface area contributed by atoms with Gasteiger partial charge in [-0.05, 0) is 42.5 Å². The number of carbonyl (C=O) groups is 1. The highest BCUT2D eigenvalue weighted by Gasteiger charge is 2.22. The Hall–Kier alpha value is -1.55. The fourth-order valence-corrected chi connectivity index (χ4v) is 2.57. The van der Waals surface area contributed by atoms with E-state index in [4.69, 9.17) is 4.74 Å². The quantitative estimate of drug-likeness (QED) is 0.899. The van der Waals surface area contributed by atoms with Crippen molar-refractivity contribution in [2.75, 3.05) is 19.0 Å². The van der Waals surface area contributed by atoms with Crippen LogP contribution in [0, 0.1) is 0 Å². The van der Waals surface area contributed by atoms with Crippen molar-refractivity contribution < 1.29 is 9.53 Å². The molecule has 4 heteroatoms. The topological polar surface area (TPSA) is 50.4 Å². The summed E-state index contributed by atoms with van der Waals surface area (Å²) in [7, 11) is 1.63. The molecule has 1 heterocycles. The van der Waals surface area contributed by atoms with Crippen LogP contribution >= 0.6 is 0 Å². The summed E-state index contributed by atoms with van der Waals surface area (Å²) in [5.41, 5.74) is 1.96. The Bertz CT molecular complexity index is 500. The first-order valence-corrected chi connectivity index (χ1v) is 7.64. The first kappa shape index (κ1) is 15.8. The van der Waals surface area contributed by atoms with Gasteiger partial charge in [0.15, 0.2) is 0 Å². The Labute approximate surface area is 127 Å². The zero-order chi connectivity index (χ0) is 15.5. The monoisotopic (exact) mass is 290 g/mol. The number of anilines is 1. The fourth-order valence-electron chi connectivity index (χ4n) is 2.57. The minimum absolute atomic E-state index is 0.0269. The highest BCUT2D eigenvalue weighted by atomic mass is 16.5. The van der Waals surface area contributed by atoms with E-state index in [0.717, 1.165) is 31.5 Å². The Morgan fingerprint density at radius 1 is 1.33 bits per heavy atom. The van der Waals surface area contributed by atoms with Crippen LogP contribution in [-0.4, -0.2) is 25.6 Å². The number of benzene rings is 1. The third-order valence-electron chi connectivity index (χ3n) is 3.95. The number of ether oxygens (including phenoxy) is 1. The molecule has 0 aromatic heterocycles. The number of methoxy groups -OCH3 is 1. The van der Waals surface area contributed by atoms with E-state index in [9.17, 15) is 4.79 Å². The van der Waals surface area contributed by atoms with Crippen LogP contribution in [0.4, 0.5) is 5.69 Å². The van der Waals surface area contributed by atoms with Crippen molar-refractivity contribution in [3.8, 4) is 5.75 Å². The predicted molar refractivity (Wildman–Crippen MR) is 86.0 cm³/mol. The number of carbonyl (C=O) groups excluding carboxylic acids is 1. The smallest absolute Gasteiger partial charge is 0.241 e. The Morgan fingerprint density at radius 3 is 2.67 bits per heavy atom. The summed E-state index contributed by atoms with van der Waals surface area (Å²) in [5, 5.41) is 6.29. The first-order chi connectivity index (χ1) is 9.91. The molecule has 1 atom stereocenters. The van der Waals surface area contributed by atoms with E-state index >= 15 is 0 Å². The van der Waals surface area contributed by atoms with Crippen molar-refractivity contribution in [2.24, 2.45) is 0 Å². The van der Waals surface area contributed by atoms with Crippen molar-refractivity contribution in [1.29, 1.82) is 0 Å². The summed E-state index contributed by atoms with van der Waals surface area (Å²) < 4.78 is 5.37. The van der Waals surface area contributed by atoms with Gasteiger partial charge in [-0.15, -0.1) is 0 Å². The van der Waals surface area contributed by atoms with E-state index in [0.29, 0.717) is 5.75 Å². The van der Waals surface area contributed by atoms with Crippen LogP contribution in [0.5, 0.6) is 5.75 Å². The molecule has 0 bridgehead atoms. The maximum absolute atomic E-state index is 12.4. The highest BCUT2D eigenvalue weighted by Crippen LogP contribution is 2.31. The Balaban J connectivity index is 2.18. The minimum atomic E-state index is -0.0956. The van der Waals surface area contributed by atoms with Gasteiger partial charge in [0, 0.05) is 0 Å². The maximum Gasteiger partial charge on any atom is 0.241 e. The van der Waals surface area contributed by atoms with Crippen molar-refractivity contribution in [2.45, 2.75) is 51.5 Å². The summed E-state index contributed by atoms with van der Waals surface area (Å²) in [4.78, 5) is 12.4. The van der Waals surface area contributed by atoms with Crippen LogP contribution < -0.4 is 15.4 Å². The molecule has 1 aliphatic heterocycles. The summed E-state index contributed by atoms with van der Waals surface area (Å²) in [6, 6.07) is 5.89. The van der Waals surface area contributed by atoms with E-state index in [1.54, 1.807) is 7.11 Å². The first-order valence-electron chi connectivity index (χ1n) is 7.64. The number of amides is 1. The summed E-state index contributed by atoms with van der Waals surface area (Å²) in [6.07, 6.45) is 3.14.